The van der Waals surface area contributed by atoms with Crippen LogP contribution in [-0.2, 0) is 14.6 Å². The summed E-state index contributed by atoms with van der Waals surface area (Å²) in [5.74, 6) is -1.13. The number of sulfone groups is 1. The fourth-order valence-corrected chi connectivity index (χ4v) is 4.14. The highest BCUT2D eigenvalue weighted by atomic mass is 35.5. The number of hydrogen-bond acceptors (Lipinski definition) is 6. The first-order valence-electron chi connectivity index (χ1n) is 7.64. The summed E-state index contributed by atoms with van der Waals surface area (Å²) >= 11 is 7.29. The number of esters is 1. The topological polar surface area (TPSA) is 89.5 Å². The second kappa shape index (κ2) is 7.77. The van der Waals surface area contributed by atoms with Crippen molar-refractivity contribution in [2.24, 2.45) is 0 Å². The van der Waals surface area contributed by atoms with E-state index in [0.717, 1.165) is 16.7 Å². The number of anilines is 1. The standard InChI is InChI=1S/C17H18ClNO5S2/c1-5-24-17(21)14-9(2)10(3)25-16(14)19-15(20)12-8-11(26(4,22)23)6-7-13(12)18/h6-8H,5H2,1-4H3,(H,19,20). The Hall–Kier alpha value is -1.90. The molecule has 0 fully saturated rings. The summed E-state index contributed by atoms with van der Waals surface area (Å²) in [5, 5.41) is 3.09. The lowest BCUT2D eigenvalue weighted by molar-refractivity contribution is 0.0527. The minimum atomic E-state index is -3.49. The van der Waals surface area contributed by atoms with Crippen LogP contribution in [0.4, 0.5) is 5.00 Å². The number of nitrogens with one attached hydrogen (secondary N) is 1. The van der Waals surface area contributed by atoms with Crippen LogP contribution in [0.2, 0.25) is 5.02 Å². The first-order valence-corrected chi connectivity index (χ1v) is 10.7. The average molecular weight is 416 g/mol. The maximum Gasteiger partial charge on any atom is 0.341 e. The zero-order chi connectivity index (χ0) is 19.6. The van der Waals surface area contributed by atoms with Crippen LogP contribution in [0.25, 0.3) is 0 Å². The fraction of sp³-hybridized carbons (Fsp3) is 0.294. The van der Waals surface area contributed by atoms with Crippen molar-refractivity contribution in [3.63, 3.8) is 0 Å². The molecule has 6 nitrogen and oxygen atoms in total. The van der Waals surface area contributed by atoms with Gasteiger partial charge < -0.3 is 10.1 Å². The van der Waals surface area contributed by atoms with E-state index in [2.05, 4.69) is 5.32 Å². The third-order valence-corrected chi connectivity index (χ3v) is 6.27. The molecule has 1 aromatic heterocycles. The van der Waals surface area contributed by atoms with Crippen LogP contribution < -0.4 is 5.32 Å². The molecule has 0 unspecified atom stereocenters. The molecule has 0 saturated heterocycles. The molecule has 0 atom stereocenters. The summed E-state index contributed by atoms with van der Waals surface area (Å²) in [6, 6.07) is 3.90. The molecule has 0 spiro atoms. The van der Waals surface area contributed by atoms with Gasteiger partial charge in [-0.1, -0.05) is 11.6 Å². The Labute approximate surface area is 161 Å². The minimum absolute atomic E-state index is 0.00751. The maximum absolute atomic E-state index is 12.6. The first-order chi connectivity index (χ1) is 12.1. The van der Waals surface area contributed by atoms with Gasteiger partial charge in [0, 0.05) is 11.1 Å². The highest BCUT2D eigenvalue weighted by Gasteiger charge is 2.23. The molecule has 1 N–H and O–H groups in total. The highest BCUT2D eigenvalue weighted by molar-refractivity contribution is 7.90. The van der Waals surface area contributed by atoms with Crippen LogP contribution >= 0.6 is 22.9 Å². The molecule has 1 aromatic carbocycles. The summed E-state index contributed by atoms with van der Waals surface area (Å²) < 4.78 is 28.5. The van der Waals surface area contributed by atoms with E-state index in [4.69, 9.17) is 16.3 Å². The molecule has 26 heavy (non-hydrogen) atoms. The zero-order valence-corrected chi connectivity index (χ0v) is 17.1. The molecule has 0 aliphatic heterocycles. The number of ether oxygens (including phenoxy) is 1. The number of halogens is 1. The number of thiophene rings is 1. The molecular formula is C17H18ClNO5S2. The van der Waals surface area contributed by atoms with Gasteiger partial charge in [-0.15, -0.1) is 11.3 Å². The fourth-order valence-electron chi connectivity index (χ4n) is 2.24. The molecule has 0 aliphatic carbocycles. The Morgan fingerprint density at radius 2 is 1.92 bits per heavy atom. The van der Waals surface area contributed by atoms with Gasteiger partial charge in [0.2, 0.25) is 0 Å². The van der Waals surface area contributed by atoms with Crippen molar-refractivity contribution in [2.75, 3.05) is 18.2 Å². The van der Waals surface area contributed by atoms with Crippen LogP contribution in [0.3, 0.4) is 0 Å². The first kappa shape index (κ1) is 20.4. The Bertz CT molecular complexity index is 979. The van der Waals surface area contributed by atoms with Crippen molar-refractivity contribution < 1.29 is 22.7 Å². The van der Waals surface area contributed by atoms with Gasteiger partial charge in [0.25, 0.3) is 5.91 Å². The quantitative estimate of drug-likeness (QED) is 0.749. The van der Waals surface area contributed by atoms with Gasteiger partial charge in [-0.25, -0.2) is 13.2 Å². The number of amides is 1. The van der Waals surface area contributed by atoms with E-state index in [1.165, 1.54) is 29.5 Å². The number of aryl methyl sites for hydroxylation is 1. The lowest BCUT2D eigenvalue weighted by Gasteiger charge is -2.09. The van der Waals surface area contributed by atoms with Crippen molar-refractivity contribution in [1.29, 1.82) is 0 Å². The van der Waals surface area contributed by atoms with Crippen molar-refractivity contribution in [1.82, 2.24) is 0 Å². The average Bonchev–Trinajstić information content (AvgIpc) is 2.81. The minimum Gasteiger partial charge on any atom is -0.462 e. The van der Waals surface area contributed by atoms with E-state index in [1.54, 1.807) is 13.8 Å². The smallest absolute Gasteiger partial charge is 0.341 e. The monoisotopic (exact) mass is 415 g/mol. The molecule has 9 heteroatoms. The molecule has 1 heterocycles. The molecule has 140 valence electrons. The molecule has 1 amide bonds. The Balaban J connectivity index is 2.43. The van der Waals surface area contributed by atoms with Crippen LogP contribution in [0.5, 0.6) is 0 Å². The van der Waals surface area contributed by atoms with Crippen molar-refractivity contribution >= 4 is 49.7 Å². The summed E-state index contributed by atoms with van der Waals surface area (Å²) in [5.41, 5.74) is 1.02. The second-order valence-electron chi connectivity index (χ2n) is 5.58. The Morgan fingerprint density at radius 1 is 1.27 bits per heavy atom. The van der Waals surface area contributed by atoms with Crippen molar-refractivity contribution in [3.05, 3.63) is 44.8 Å². The number of carbonyl (C=O) groups is 2. The van der Waals surface area contributed by atoms with E-state index >= 15 is 0 Å². The maximum atomic E-state index is 12.6. The van der Waals surface area contributed by atoms with E-state index < -0.39 is 21.7 Å². The lowest BCUT2D eigenvalue weighted by Crippen LogP contribution is -2.16. The van der Waals surface area contributed by atoms with E-state index in [1.807, 2.05) is 6.92 Å². The molecule has 0 saturated carbocycles. The van der Waals surface area contributed by atoms with E-state index in [-0.39, 0.29) is 27.7 Å². The summed E-state index contributed by atoms with van der Waals surface area (Å²) in [7, 11) is -3.49. The van der Waals surface area contributed by atoms with Crippen LogP contribution in [0.1, 0.15) is 38.1 Å². The van der Waals surface area contributed by atoms with Crippen LogP contribution in [-0.4, -0.2) is 33.2 Å². The van der Waals surface area contributed by atoms with Gasteiger partial charge in [-0.3, -0.25) is 4.79 Å². The molecular weight excluding hydrogens is 398 g/mol. The lowest BCUT2D eigenvalue weighted by atomic mass is 10.1. The van der Waals surface area contributed by atoms with Crippen LogP contribution in [0.15, 0.2) is 23.1 Å². The van der Waals surface area contributed by atoms with Gasteiger partial charge in [-0.05, 0) is 44.5 Å². The predicted molar refractivity (Wildman–Crippen MR) is 102 cm³/mol. The molecule has 2 aromatic rings. The summed E-state index contributed by atoms with van der Waals surface area (Å²) in [6.07, 6.45) is 1.04. The zero-order valence-electron chi connectivity index (χ0n) is 14.7. The van der Waals surface area contributed by atoms with E-state index in [9.17, 15) is 18.0 Å². The highest BCUT2D eigenvalue weighted by Crippen LogP contribution is 2.34. The van der Waals surface area contributed by atoms with Crippen molar-refractivity contribution in [2.45, 2.75) is 25.7 Å². The predicted octanol–water partition coefficient (Wildman–Crippen LogP) is 3.85. The molecule has 0 aliphatic rings. The summed E-state index contributed by atoms with van der Waals surface area (Å²) in [6.45, 7) is 5.50. The number of carbonyl (C=O) groups excluding carboxylic acids is 2. The van der Waals surface area contributed by atoms with Gasteiger partial charge >= 0.3 is 5.97 Å². The second-order valence-corrected chi connectivity index (χ2v) is 9.22. The number of rotatable bonds is 5. The normalized spacial score (nSPS) is 11.3. The van der Waals surface area contributed by atoms with Gasteiger partial charge in [0.05, 0.1) is 27.7 Å². The molecule has 0 bridgehead atoms. The van der Waals surface area contributed by atoms with E-state index in [0.29, 0.717) is 5.00 Å². The number of hydrogen-bond donors (Lipinski definition) is 1. The SMILES string of the molecule is CCOC(=O)c1c(NC(=O)c2cc(S(C)(=O)=O)ccc2Cl)sc(C)c1C. The largest absolute Gasteiger partial charge is 0.462 e. The third-order valence-electron chi connectivity index (χ3n) is 3.70. The Kier molecular flexibility index (Phi) is 6.10. The van der Waals surface area contributed by atoms with Crippen LogP contribution in [0, 0.1) is 13.8 Å². The molecule has 0 radical (unpaired) electrons. The van der Waals surface area contributed by atoms with Gasteiger partial charge in [0.15, 0.2) is 9.84 Å². The van der Waals surface area contributed by atoms with Gasteiger partial charge in [0.1, 0.15) is 5.00 Å². The molecule has 2 rings (SSSR count). The van der Waals surface area contributed by atoms with Gasteiger partial charge in [-0.2, -0.15) is 0 Å². The van der Waals surface area contributed by atoms with Crippen molar-refractivity contribution in [3.8, 4) is 0 Å². The summed E-state index contributed by atoms with van der Waals surface area (Å²) in [4.78, 5) is 25.7. The third kappa shape index (κ3) is 4.25. The number of benzene rings is 1. The Morgan fingerprint density at radius 3 is 2.50 bits per heavy atom.